The molecule has 1 atom stereocenters. The molecule has 0 saturated carbocycles. The summed E-state index contributed by atoms with van der Waals surface area (Å²) in [4.78, 5) is 4.03. The maximum absolute atomic E-state index is 10.1. The van der Waals surface area contributed by atoms with E-state index < -0.39 is 6.10 Å². The molecule has 1 N–H and O–H groups in total. The number of halogens is 2. The molecule has 4 heteroatoms. The number of aliphatic hydroxyl groups excluding tert-OH is 1. The molecule has 0 saturated heterocycles. The van der Waals surface area contributed by atoms with Crippen molar-refractivity contribution in [3.63, 3.8) is 0 Å². The minimum atomic E-state index is -0.451. The number of aliphatic hydroxyl groups is 1. The summed E-state index contributed by atoms with van der Waals surface area (Å²) < 4.78 is 0.943. The molecule has 1 aromatic carbocycles. The molecular weight excluding hydrogens is 314 g/mol. The lowest BCUT2D eigenvalue weighted by molar-refractivity contribution is 0.175. The van der Waals surface area contributed by atoms with Crippen molar-refractivity contribution >= 4 is 27.5 Å². The van der Waals surface area contributed by atoms with Crippen molar-refractivity contribution in [1.29, 1.82) is 0 Å². The highest BCUT2D eigenvalue weighted by molar-refractivity contribution is 9.10. The molecule has 0 radical (unpaired) electrons. The van der Waals surface area contributed by atoms with Gasteiger partial charge < -0.3 is 5.11 Å². The Hall–Kier alpha value is -0.900. The molecule has 0 amide bonds. The Morgan fingerprint density at radius 2 is 2.11 bits per heavy atom. The van der Waals surface area contributed by atoms with E-state index in [9.17, 15) is 5.11 Å². The first-order valence-electron chi connectivity index (χ1n) is 5.66. The fourth-order valence-electron chi connectivity index (χ4n) is 1.80. The van der Waals surface area contributed by atoms with E-state index in [1.165, 1.54) is 0 Å². The van der Waals surface area contributed by atoms with Crippen molar-refractivity contribution in [2.24, 2.45) is 0 Å². The van der Waals surface area contributed by atoms with Crippen molar-refractivity contribution in [2.75, 3.05) is 0 Å². The van der Waals surface area contributed by atoms with Crippen molar-refractivity contribution in [3.8, 4) is 0 Å². The summed E-state index contributed by atoms with van der Waals surface area (Å²) in [6.45, 7) is 0. The first-order chi connectivity index (χ1) is 8.65. The zero-order valence-electron chi connectivity index (χ0n) is 9.68. The van der Waals surface area contributed by atoms with Gasteiger partial charge in [0.1, 0.15) is 0 Å². The summed E-state index contributed by atoms with van der Waals surface area (Å²) in [6, 6.07) is 9.53. The second-order valence-corrected chi connectivity index (χ2v) is 5.48. The van der Waals surface area contributed by atoms with Crippen LogP contribution in [0.15, 0.2) is 47.2 Å². The van der Waals surface area contributed by atoms with Gasteiger partial charge in [-0.15, -0.1) is 0 Å². The van der Waals surface area contributed by atoms with Crippen molar-refractivity contribution in [2.45, 2.75) is 18.9 Å². The number of nitrogens with zero attached hydrogens (tertiary/aromatic N) is 1. The van der Waals surface area contributed by atoms with Crippen LogP contribution >= 0.6 is 27.5 Å². The SMILES string of the molecule is OC(Cc1cccnc1)Cc1ccc(Br)cc1Cl. The van der Waals surface area contributed by atoms with Gasteiger partial charge >= 0.3 is 0 Å². The lowest BCUT2D eigenvalue weighted by Crippen LogP contribution is -2.14. The number of benzene rings is 1. The van der Waals surface area contributed by atoms with E-state index in [-0.39, 0.29) is 0 Å². The zero-order valence-corrected chi connectivity index (χ0v) is 12.0. The van der Waals surface area contributed by atoms with Crippen molar-refractivity contribution in [1.82, 2.24) is 4.98 Å². The molecule has 0 fully saturated rings. The van der Waals surface area contributed by atoms with Gasteiger partial charge in [0.05, 0.1) is 6.10 Å². The minimum absolute atomic E-state index is 0.451. The monoisotopic (exact) mass is 325 g/mol. The fraction of sp³-hybridized carbons (Fsp3) is 0.214. The highest BCUT2D eigenvalue weighted by Gasteiger charge is 2.09. The number of hydrogen-bond donors (Lipinski definition) is 1. The second-order valence-electron chi connectivity index (χ2n) is 4.16. The number of rotatable bonds is 4. The highest BCUT2D eigenvalue weighted by Crippen LogP contribution is 2.23. The number of pyridine rings is 1. The van der Waals surface area contributed by atoms with Crippen LogP contribution in [0, 0.1) is 0 Å². The Kier molecular flexibility index (Phi) is 4.75. The average Bonchev–Trinajstić information content (AvgIpc) is 2.34. The largest absolute Gasteiger partial charge is 0.392 e. The molecule has 1 aromatic heterocycles. The molecule has 2 aromatic rings. The molecule has 94 valence electrons. The summed E-state index contributed by atoms with van der Waals surface area (Å²) in [7, 11) is 0. The second kappa shape index (κ2) is 6.32. The van der Waals surface area contributed by atoms with E-state index in [0.717, 1.165) is 15.6 Å². The van der Waals surface area contributed by atoms with E-state index >= 15 is 0 Å². The Morgan fingerprint density at radius 3 is 2.78 bits per heavy atom. The van der Waals surface area contributed by atoms with E-state index in [4.69, 9.17) is 11.6 Å². The lowest BCUT2D eigenvalue weighted by atomic mass is 10.0. The van der Waals surface area contributed by atoms with Gasteiger partial charge in [-0.25, -0.2) is 0 Å². The molecule has 0 aliphatic carbocycles. The number of hydrogen-bond acceptors (Lipinski definition) is 2. The van der Waals surface area contributed by atoms with Gasteiger partial charge in [-0.05, 0) is 29.3 Å². The van der Waals surface area contributed by atoms with Crippen LogP contribution < -0.4 is 0 Å². The van der Waals surface area contributed by atoms with Gasteiger partial charge in [0, 0.05) is 34.7 Å². The molecule has 2 nitrogen and oxygen atoms in total. The maximum Gasteiger partial charge on any atom is 0.0621 e. The zero-order chi connectivity index (χ0) is 13.0. The molecule has 1 unspecified atom stereocenters. The summed E-state index contributed by atoms with van der Waals surface area (Å²) in [5.74, 6) is 0. The van der Waals surface area contributed by atoms with Crippen molar-refractivity contribution in [3.05, 3.63) is 63.3 Å². The molecule has 0 aliphatic rings. The third-order valence-electron chi connectivity index (χ3n) is 2.66. The molecule has 0 aliphatic heterocycles. The summed E-state index contributed by atoms with van der Waals surface area (Å²) in [5, 5.41) is 10.7. The third-order valence-corrected chi connectivity index (χ3v) is 3.51. The van der Waals surface area contributed by atoms with Crippen LogP contribution in [0.25, 0.3) is 0 Å². The Morgan fingerprint density at radius 1 is 1.28 bits per heavy atom. The van der Waals surface area contributed by atoms with E-state index in [2.05, 4.69) is 20.9 Å². The summed E-state index contributed by atoms with van der Waals surface area (Å²) >= 11 is 9.48. The van der Waals surface area contributed by atoms with Crippen LogP contribution in [0.1, 0.15) is 11.1 Å². The van der Waals surface area contributed by atoms with Crippen molar-refractivity contribution < 1.29 is 5.11 Å². The van der Waals surface area contributed by atoms with Gasteiger partial charge in [0.2, 0.25) is 0 Å². The molecule has 0 bridgehead atoms. The van der Waals surface area contributed by atoms with Gasteiger partial charge in [0.25, 0.3) is 0 Å². The molecule has 18 heavy (non-hydrogen) atoms. The maximum atomic E-state index is 10.1. The first kappa shape index (κ1) is 13.5. The topological polar surface area (TPSA) is 33.1 Å². The normalized spacial score (nSPS) is 12.4. The molecule has 0 spiro atoms. The molecule has 1 heterocycles. The third kappa shape index (κ3) is 3.80. The Bertz CT molecular complexity index is 518. The van der Waals surface area contributed by atoms with E-state index in [1.807, 2.05) is 30.3 Å². The Labute approximate surface area is 120 Å². The predicted octanol–water partition coefficient (Wildman–Crippen LogP) is 3.64. The smallest absolute Gasteiger partial charge is 0.0621 e. The van der Waals surface area contributed by atoms with Gasteiger partial charge in [-0.2, -0.15) is 0 Å². The van der Waals surface area contributed by atoms with Crippen LogP contribution in [0.5, 0.6) is 0 Å². The van der Waals surface area contributed by atoms with E-state index in [1.54, 1.807) is 12.4 Å². The summed E-state index contributed by atoms with van der Waals surface area (Å²) in [6.07, 6.45) is 4.17. The predicted molar refractivity (Wildman–Crippen MR) is 76.8 cm³/mol. The lowest BCUT2D eigenvalue weighted by Gasteiger charge is -2.12. The van der Waals surface area contributed by atoms with Crippen LogP contribution in [-0.4, -0.2) is 16.2 Å². The van der Waals surface area contributed by atoms with Gasteiger partial charge in [-0.1, -0.05) is 39.7 Å². The fourth-order valence-corrected chi connectivity index (χ4v) is 2.55. The molecule has 2 rings (SSSR count). The molecular formula is C14H13BrClNO. The van der Waals surface area contributed by atoms with Gasteiger partial charge in [-0.3, -0.25) is 4.98 Å². The van der Waals surface area contributed by atoms with Gasteiger partial charge in [0.15, 0.2) is 0 Å². The standard InChI is InChI=1S/C14H13BrClNO/c15-12-4-3-11(14(16)8-12)7-13(18)6-10-2-1-5-17-9-10/h1-5,8-9,13,18H,6-7H2. The van der Waals surface area contributed by atoms with E-state index in [0.29, 0.717) is 17.9 Å². The first-order valence-corrected chi connectivity index (χ1v) is 6.83. The van der Waals surface area contributed by atoms with Crippen LogP contribution in [0.3, 0.4) is 0 Å². The summed E-state index contributed by atoms with van der Waals surface area (Å²) in [5.41, 5.74) is 1.98. The Balaban J connectivity index is 2.01. The quantitative estimate of drug-likeness (QED) is 0.930. The van der Waals surface area contributed by atoms with Crippen LogP contribution in [-0.2, 0) is 12.8 Å². The van der Waals surface area contributed by atoms with Crippen LogP contribution in [0.4, 0.5) is 0 Å². The highest BCUT2D eigenvalue weighted by atomic mass is 79.9. The number of aromatic nitrogens is 1. The van der Waals surface area contributed by atoms with Crippen LogP contribution in [0.2, 0.25) is 5.02 Å². The minimum Gasteiger partial charge on any atom is -0.392 e. The average molecular weight is 327 g/mol.